The van der Waals surface area contributed by atoms with Crippen LogP contribution in [0, 0.1) is 23.7 Å². The van der Waals surface area contributed by atoms with Crippen LogP contribution in [-0.4, -0.2) is 64.2 Å². The topological polar surface area (TPSA) is 127 Å². The van der Waals surface area contributed by atoms with Gasteiger partial charge in [-0.2, -0.15) is 0 Å². The first-order valence-electron chi connectivity index (χ1n) is 12.7. The molecule has 0 aromatic heterocycles. The van der Waals surface area contributed by atoms with E-state index < -0.39 is 35.5 Å². The molecule has 0 aromatic rings. The summed E-state index contributed by atoms with van der Waals surface area (Å²) < 4.78 is 6.46. The SMILES string of the molecule is CC1CCC2C(C)C(=O)N(CCC(=O)NC(CC3=CN=CC3)C(=O)O)C3OC4(C)CCC1C23OO4. The first-order valence-corrected chi connectivity index (χ1v) is 12.7. The number of rotatable bonds is 7. The highest BCUT2D eigenvalue weighted by Crippen LogP contribution is 2.60. The van der Waals surface area contributed by atoms with Crippen molar-refractivity contribution in [1.82, 2.24) is 10.2 Å². The Morgan fingerprint density at radius 2 is 2.06 bits per heavy atom. The molecule has 6 aliphatic rings. The molecule has 0 aromatic carbocycles. The predicted octanol–water partition coefficient (Wildman–Crippen LogP) is 2.39. The Bertz CT molecular complexity index is 967. The molecule has 6 rings (SSSR count). The van der Waals surface area contributed by atoms with Gasteiger partial charge in [-0.05, 0) is 43.6 Å². The maximum Gasteiger partial charge on any atom is 0.326 e. The first kappa shape index (κ1) is 24.4. The average molecular weight is 490 g/mol. The molecule has 8 atom stereocenters. The molecule has 4 saturated heterocycles. The van der Waals surface area contributed by atoms with Gasteiger partial charge in [-0.1, -0.05) is 13.8 Å². The number of carboxylic acid groups (broad SMARTS) is 1. The summed E-state index contributed by atoms with van der Waals surface area (Å²) in [5.74, 6) is -2.27. The standard InChI is InChI=1S/C25H35N3O7/c1-14-4-5-18-15(2)21(30)28(23-25(18)17(14)6-9-24(3,33-23)34-35-25)11-8-20(29)27-19(22(31)32)12-16-7-10-26-13-16/h10,13-15,17-19,23H,4-9,11-12H2,1-3H3,(H,27,29)(H,31,32). The number of amides is 2. The van der Waals surface area contributed by atoms with Crippen molar-refractivity contribution in [1.29, 1.82) is 0 Å². The second-order valence-electron chi connectivity index (χ2n) is 11.0. The number of aliphatic carboxylic acids is 1. The zero-order valence-electron chi connectivity index (χ0n) is 20.6. The fraction of sp³-hybridized carbons (Fsp3) is 0.760. The van der Waals surface area contributed by atoms with E-state index >= 15 is 0 Å². The molecule has 2 bridgehead atoms. The van der Waals surface area contributed by atoms with Crippen LogP contribution < -0.4 is 5.32 Å². The van der Waals surface area contributed by atoms with Gasteiger partial charge in [-0.25, -0.2) is 14.6 Å². The van der Waals surface area contributed by atoms with E-state index in [0.29, 0.717) is 18.8 Å². The van der Waals surface area contributed by atoms with Crippen LogP contribution >= 0.6 is 0 Å². The lowest BCUT2D eigenvalue weighted by atomic mass is 9.57. The third-order valence-electron chi connectivity index (χ3n) is 8.75. The van der Waals surface area contributed by atoms with Crippen molar-refractivity contribution in [3.8, 4) is 0 Å². The van der Waals surface area contributed by atoms with Gasteiger partial charge in [0.1, 0.15) is 6.04 Å². The summed E-state index contributed by atoms with van der Waals surface area (Å²) in [6, 6.07) is -1.04. The Kier molecular flexibility index (Phi) is 6.26. The largest absolute Gasteiger partial charge is 0.480 e. The van der Waals surface area contributed by atoms with E-state index in [1.807, 2.05) is 13.8 Å². The Labute approximate surface area is 205 Å². The molecular weight excluding hydrogens is 454 g/mol. The average Bonchev–Trinajstić information content (AvgIpc) is 3.22. The van der Waals surface area contributed by atoms with Gasteiger partial charge in [0.25, 0.3) is 0 Å². The molecule has 2 amide bonds. The Hall–Kier alpha value is -2.30. The lowest BCUT2D eigenvalue weighted by Crippen LogP contribution is -2.75. The molecule has 8 unspecified atom stereocenters. The van der Waals surface area contributed by atoms with Gasteiger partial charge in [-0.15, -0.1) is 0 Å². The summed E-state index contributed by atoms with van der Waals surface area (Å²) in [5.41, 5.74) is 0.0874. The van der Waals surface area contributed by atoms with E-state index in [4.69, 9.17) is 14.5 Å². The van der Waals surface area contributed by atoms with E-state index in [1.54, 1.807) is 17.3 Å². The molecule has 35 heavy (non-hydrogen) atoms. The number of likely N-dealkylation sites (tertiary alicyclic amines) is 1. The summed E-state index contributed by atoms with van der Waals surface area (Å²) in [6.07, 6.45) is 6.89. The van der Waals surface area contributed by atoms with Crippen molar-refractivity contribution in [2.75, 3.05) is 6.54 Å². The van der Waals surface area contributed by atoms with Crippen LogP contribution in [0.15, 0.2) is 16.8 Å². The fourth-order valence-electron chi connectivity index (χ4n) is 6.85. The molecule has 10 nitrogen and oxygen atoms in total. The third kappa shape index (κ3) is 4.09. The number of carbonyl (C=O) groups is 3. The van der Waals surface area contributed by atoms with Crippen LogP contribution in [0.5, 0.6) is 0 Å². The van der Waals surface area contributed by atoms with Crippen LogP contribution in [0.25, 0.3) is 0 Å². The highest BCUT2D eigenvalue weighted by Gasteiger charge is 2.70. The summed E-state index contributed by atoms with van der Waals surface area (Å²) in [7, 11) is 0. The van der Waals surface area contributed by atoms with Gasteiger partial charge in [0.05, 0.1) is 0 Å². The molecule has 1 aliphatic carbocycles. The summed E-state index contributed by atoms with van der Waals surface area (Å²) in [5, 5.41) is 12.2. The van der Waals surface area contributed by atoms with Crippen LogP contribution in [0.2, 0.25) is 0 Å². The minimum Gasteiger partial charge on any atom is -0.480 e. The van der Waals surface area contributed by atoms with Gasteiger partial charge in [0.2, 0.25) is 17.6 Å². The smallest absolute Gasteiger partial charge is 0.326 e. The summed E-state index contributed by atoms with van der Waals surface area (Å²) in [4.78, 5) is 55.7. The number of fused-ring (bicyclic) bond motifs is 2. The predicted molar refractivity (Wildman–Crippen MR) is 124 cm³/mol. The van der Waals surface area contributed by atoms with Crippen molar-refractivity contribution in [2.45, 2.75) is 89.4 Å². The fourth-order valence-corrected chi connectivity index (χ4v) is 6.85. The molecule has 5 aliphatic heterocycles. The minimum absolute atomic E-state index is 0.0211. The number of aliphatic imine (C=N–C) groups is 1. The number of nitrogens with zero attached hydrogens (tertiary/aromatic N) is 2. The zero-order valence-corrected chi connectivity index (χ0v) is 20.6. The molecule has 1 saturated carbocycles. The number of piperidine rings is 1. The zero-order chi connectivity index (χ0) is 25.0. The monoisotopic (exact) mass is 489 g/mol. The van der Waals surface area contributed by atoms with Crippen molar-refractivity contribution >= 4 is 24.0 Å². The second kappa shape index (κ2) is 8.97. The molecule has 10 heteroatoms. The number of carbonyl (C=O) groups excluding carboxylic acids is 2. The lowest BCUT2D eigenvalue weighted by molar-refractivity contribution is -0.547. The molecule has 1 spiro atoms. The number of carboxylic acids is 1. The second-order valence-corrected chi connectivity index (χ2v) is 11.0. The number of hydrogen-bond acceptors (Lipinski definition) is 7. The molecule has 192 valence electrons. The Morgan fingerprint density at radius 3 is 2.77 bits per heavy atom. The van der Waals surface area contributed by atoms with Crippen LogP contribution in [-0.2, 0) is 28.9 Å². The Balaban J connectivity index is 1.33. The summed E-state index contributed by atoms with van der Waals surface area (Å²) in [6.45, 7) is 6.11. The van der Waals surface area contributed by atoms with Crippen LogP contribution in [0.4, 0.5) is 0 Å². The van der Waals surface area contributed by atoms with Crippen molar-refractivity contribution in [2.24, 2.45) is 28.7 Å². The van der Waals surface area contributed by atoms with E-state index in [9.17, 15) is 19.5 Å². The van der Waals surface area contributed by atoms with E-state index in [0.717, 1.165) is 24.8 Å². The number of hydrogen-bond donors (Lipinski definition) is 2. The number of ether oxygens (including phenoxy) is 1. The van der Waals surface area contributed by atoms with Crippen molar-refractivity contribution in [3.63, 3.8) is 0 Å². The highest BCUT2D eigenvalue weighted by molar-refractivity contribution is 5.85. The molecule has 5 fully saturated rings. The summed E-state index contributed by atoms with van der Waals surface area (Å²) >= 11 is 0. The van der Waals surface area contributed by atoms with E-state index in [-0.39, 0.29) is 43.0 Å². The van der Waals surface area contributed by atoms with E-state index in [2.05, 4.69) is 17.2 Å². The van der Waals surface area contributed by atoms with Crippen molar-refractivity contribution < 1.29 is 34.0 Å². The first-order chi connectivity index (χ1) is 16.6. The van der Waals surface area contributed by atoms with Gasteiger partial charge < -0.3 is 20.1 Å². The van der Waals surface area contributed by atoms with Crippen LogP contribution in [0.3, 0.4) is 0 Å². The molecule has 0 radical (unpaired) electrons. The third-order valence-corrected chi connectivity index (χ3v) is 8.75. The van der Waals surface area contributed by atoms with Gasteiger partial charge in [0, 0.05) is 56.5 Å². The maximum atomic E-state index is 13.5. The van der Waals surface area contributed by atoms with E-state index in [1.165, 1.54) is 0 Å². The number of nitrogens with one attached hydrogen (secondary N) is 1. The molecule has 5 heterocycles. The van der Waals surface area contributed by atoms with Crippen LogP contribution in [0.1, 0.15) is 65.7 Å². The maximum absolute atomic E-state index is 13.5. The normalized spacial score (nSPS) is 40.7. The Morgan fingerprint density at radius 1 is 1.26 bits per heavy atom. The van der Waals surface area contributed by atoms with Crippen molar-refractivity contribution in [3.05, 3.63) is 11.8 Å². The highest BCUT2D eigenvalue weighted by atomic mass is 17.3. The lowest BCUT2D eigenvalue weighted by Gasteiger charge is -2.61. The quantitative estimate of drug-likeness (QED) is 0.526. The van der Waals surface area contributed by atoms with Gasteiger partial charge in [0.15, 0.2) is 11.8 Å². The molecule has 2 N–H and O–H groups in total. The minimum atomic E-state index is -1.10. The van der Waals surface area contributed by atoms with Gasteiger partial charge >= 0.3 is 5.97 Å². The molecular formula is C25H35N3O7. The van der Waals surface area contributed by atoms with Gasteiger partial charge in [-0.3, -0.25) is 14.6 Å².